The lowest BCUT2D eigenvalue weighted by atomic mass is 10.2. The third-order valence-electron chi connectivity index (χ3n) is 2.30. The van der Waals surface area contributed by atoms with Crippen LogP contribution < -0.4 is 4.74 Å². The maximum atomic E-state index is 10.9. The van der Waals surface area contributed by atoms with Gasteiger partial charge in [-0.1, -0.05) is 6.92 Å². The maximum absolute atomic E-state index is 10.9. The van der Waals surface area contributed by atoms with E-state index < -0.39 is 5.97 Å². The van der Waals surface area contributed by atoms with Gasteiger partial charge in [0.05, 0.1) is 10.0 Å². The Balaban J connectivity index is 2.21. The zero-order chi connectivity index (χ0) is 13.8. The topological polar surface area (TPSA) is 72.3 Å². The van der Waals surface area contributed by atoms with Crippen molar-refractivity contribution >= 4 is 33.4 Å². The summed E-state index contributed by atoms with van der Waals surface area (Å²) in [5.74, 6) is 0.161. The lowest BCUT2D eigenvalue weighted by Crippen LogP contribution is -1.97. The minimum absolute atomic E-state index is 0.163. The SMILES string of the molecule is CCCc1nsc(Oc2cc(C(=O)O)ccc2Br)n1. The second-order valence-electron chi connectivity index (χ2n) is 3.78. The van der Waals surface area contributed by atoms with Crippen molar-refractivity contribution in [3.8, 4) is 10.9 Å². The lowest BCUT2D eigenvalue weighted by molar-refractivity contribution is 0.0696. The normalized spacial score (nSPS) is 10.4. The van der Waals surface area contributed by atoms with Crippen molar-refractivity contribution < 1.29 is 14.6 Å². The Morgan fingerprint density at radius 3 is 3.00 bits per heavy atom. The number of carbonyl (C=O) groups is 1. The van der Waals surface area contributed by atoms with Crippen LogP contribution in [0, 0.1) is 0 Å². The number of hydrogen-bond donors (Lipinski definition) is 1. The molecule has 0 aliphatic heterocycles. The predicted octanol–water partition coefficient (Wildman–Crippen LogP) is 3.74. The Labute approximate surface area is 122 Å². The quantitative estimate of drug-likeness (QED) is 0.895. The number of halogens is 1. The Morgan fingerprint density at radius 2 is 2.32 bits per heavy atom. The molecule has 1 aromatic heterocycles. The number of benzene rings is 1. The fourth-order valence-corrected chi connectivity index (χ4v) is 2.33. The molecule has 2 aromatic rings. The molecule has 0 amide bonds. The van der Waals surface area contributed by atoms with Gasteiger partial charge in [-0.2, -0.15) is 9.36 Å². The van der Waals surface area contributed by atoms with Crippen LogP contribution in [0.1, 0.15) is 29.5 Å². The molecule has 0 bridgehead atoms. The molecule has 2 rings (SSSR count). The average Bonchev–Trinajstić information content (AvgIpc) is 2.80. The summed E-state index contributed by atoms with van der Waals surface area (Å²) >= 11 is 4.47. The van der Waals surface area contributed by atoms with E-state index in [9.17, 15) is 4.79 Å². The van der Waals surface area contributed by atoms with Gasteiger partial charge in [-0.15, -0.1) is 0 Å². The first kappa shape index (κ1) is 14.0. The summed E-state index contributed by atoms with van der Waals surface area (Å²) in [6.07, 6.45) is 1.77. The molecule has 0 saturated carbocycles. The third kappa shape index (κ3) is 3.51. The summed E-state index contributed by atoms with van der Waals surface area (Å²) in [5.41, 5.74) is 0.163. The summed E-state index contributed by atoms with van der Waals surface area (Å²) in [5, 5.41) is 9.35. The number of ether oxygens (including phenoxy) is 1. The molecular formula is C12H11BrN2O3S. The molecule has 100 valence electrons. The van der Waals surface area contributed by atoms with Gasteiger partial charge in [0.15, 0.2) is 0 Å². The summed E-state index contributed by atoms with van der Waals surface area (Å²) in [6, 6.07) is 4.59. The van der Waals surface area contributed by atoms with Crippen LogP contribution in [0.2, 0.25) is 0 Å². The van der Waals surface area contributed by atoms with Crippen molar-refractivity contribution in [2.75, 3.05) is 0 Å². The fraction of sp³-hybridized carbons (Fsp3) is 0.250. The minimum atomic E-state index is -0.999. The second kappa shape index (κ2) is 6.12. The molecule has 0 unspecified atom stereocenters. The zero-order valence-electron chi connectivity index (χ0n) is 10.1. The van der Waals surface area contributed by atoms with Gasteiger partial charge in [0.25, 0.3) is 5.19 Å². The van der Waals surface area contributed by atoms with E-state index in [0.29, 0.717) is 15.4 Å². The van der Waals surface area contributed by atoms with Gasteiger partial charge in [-0.3, -0.25) is 0 Å². The van der Waals surface area contributed by atoms with Crippen LogP contribution in [0.25, 0.3) is 0 Å². The Kier molecular flexibility index (Phi) is 4.49. The van der Waals surface area contributed by atoms with E-state index in [-0.39, 0.29) is 5.56 Å². The molecule has 7 heteroatoms. The fourth-order valence-electron chi connectivity index (χ4n) is 1.41. The van der Waals surface area contributed by atoms with Crippen LogP contribution in [0.15, 0.2) is 22.7 Å². The van der Waals surface area contributed by atoms with E-state index in [2.05, 4.69) is 32.2 Å². The zero-order valence-corrected chi connectivity index (χ0v) is 12.5. The van der Waals surface area contributed by atoms with Gasteiger partial charge in [0.1, 0.15) is 11.6 Å². The van der Waals surface area contributed by atoms with Crippen molar-refractivity contribution in [3.63, 3.8) is 0 Å². The monoisotopic (exact) mass is 342 g/mol. The molecular weight excluding hydrogens is 332 g/mol. The Hall–Kier alpha value is -1.47. The van der Waals surface area contributed by atoms with Gasteiger partial charge >= 0.3 is 5.97 Å². The lowest BCUT2D eigenvalue weighted by Gasteiger charge is -2.04. The molecule has 0 aliphatic rings. The molecule has 0 spiro atoms. The van der Waals surface area contributed by atoms with Crippen LogP contribution in [0.4, 0.5) is 0 Å². The van der Waals surface area contributed by atoms with Gasteiger partial charge in [-0.05, 0) is 40.5 Å². The van der Waals surface area contributed by atoms with Gasteiger partial charge in [0.2, 0.25) is 0 Å². The van der Waals surface area contributed by atoms with Gasteiger partial charge < -0.3 is 9.84 Å². The van der Waals surface area contributed by atoms with Crippen molar-refractivity contribution in [1.82, 2.24) is 9.36 Å². The van der Waals surface area contributed by atoms with E-state index >= 15 is 0 Å². The molecule has 1 N–H and O–H groups in total. The highest BCUT2D eigenvalue weighted by Gasteiger charge is 2.11. The second-order valence-corrected chi connectivity index (χ2v) is 5.35. The summed E-state index contributed by atoms with van der Waals surface area (Å²) in [4.78, 5) is 15.1. The molecule has 0 atom stereocenters. The predicted molar refractivity (Wildman–Crippen MR) is 75.1 cm³/mol. The van der Waals surface area contributed by atoms with Crippen LogP contribution in [0.5, 0.6) is 10.9 Å². The van der Waals surface area contributed by atoms with E-state index in [0.717, 1.165) is 30.2 Å². The van der Waals surface area contributed by atoms with Gasteiger partial charge in [-0.25, -0.2) is 4.79 Å². The number of aryl methyl sites for hydroxylation is 1. The van der Waals surface area contributed by atoms with Crippen molar-refractivity contribution in [2.24, 2.45) is 0 Å². The van der Waals surface area contributed by atoms with Crippen LogP contribution in [-0.4, -0.2) is 20.4 Å². The highest BCUT2D eigenvalue weighted by Crippen LogP contribution is 2.31. The molecule has 19 heavy (non-hydrogen) atoms. The average molecular weight is 343 g/mol. The number of aromatic carboxylic acids is 1. The number of aromatic nitrogens is 2. The third-order valence-corrected chi connectivity index (χ3v) is 3.59. The van der Waals surface area contributed by atoms with Crippen molar-refractivity contribution in [3.05, 3.63) is 34.1 Å². The molecule has 5 nitrogen and oxygen atoms in total. The number of carboxylic acids is 1. The number of hydrogen-bond acceptors (Lipinski definition) is 5. The van der Waals surface area contributed by atoms with E-state index in [1.54, 1.807) is 6.07 Å². The van der Waals surface area contributed by atoms with Crippen LogP contribution >= 0.6 is 27.5 Å². The Morgan fingerprint density at radius 1 is 1.53 bits per heavy atom. The Bertz CT molecular complexity index is 600. The molecule has 0 fully saturated rings. The molecule has 0 radical (unpaired) electrons. The van der Waals surface area contributed by atoms with Gasteiger partial charge in [0, 0.05) is 18.0 Å². The first-order valence-corrected chi connectivity index (χ1v) is 7.20. The largest absolute Gasteiger partial charge is 0.478 e. The first-order chi connectivity index (χ1) is 9.10. The summed E-state index contributed by atoms with van der Waals surface area (Å²) in [7, 11) is 0. The van der Waals surface area contributed by atoms with E-state index in [1.165, 1.54) is 12.1 Å². The summed E-state index contributed by atoms with van der Waals surface area (Å²) < 4.78 is 10.4. The van der Waals surface area contributed by atoms with Crippen molar-refractivity contribution in [2.45, 2.75) is 19.8 Å². The maximum Gasteiger partial charge on any atom is 0.335 e. The smallest absolute Gasteiger partial charge is 0.335 e. The molecule has 1 aromatic carbocycles. The number of nitrogens with zero attached hydrogens (tertiary/aromatic N) is 2. The highest BCUT2D eigenvalue weighted by molar-refractivity contribution is 9.10. The minimum Gasteiger partial charge on any atom is -0.478 e. The van der Waals surface area contributed by atoms with Crippen LogP contribution in [0.3, 0.4) is 0 Å². The van der Waals surface area contributed by atoms with Crippen molar-refractivity contribution in [1.29, 1.82) is 0 Å². The standard InChI is InChI=1S/C12H11BrN2O3S/c1-2-3-10-14-12(19-15-10)18-9-6-7(11(16)17)4-5-8(9)13/h4-6H,2-3H2,1H3,(H,16,17). The number of rotatable bonds is 5. The molecule has 1 heterocycles. The first-order valence-electron chi connectivity index (χ1n) is 5.63. The number of carboxylic acid groups (broad SMARTS) is 1. The molecule has 0 saturated heterocycles. The molecule has 0 aliphatic carbocycles. The highest BCUT2D eigenvalue weighted by atomic mass is 79.9. The van der Waals surface area contributed by atoms with Crippen LogP contribution in [-0.2, 0) is 6.42 Å². The summed E-state index contributed by atoms with van der Waals surface area (Å²) in [6.45, 7) is 2.05. The van der Waals surface area contributed by atoms with E-state index in [4.69, 9.17) is 9.84 Å². The van der Waals surface area contributed by atoms with E-state index in [1.807, 2.05) is 0 Å².